The topological polar surface area (TPSA) is 23.5 Å². The van der Waals surface area contributed by atoms with Crippen LogP contribution in [0.4, 0.5) is 0 Å². The molecule has 3 rings (SSSR count). The summed E-state index contributed by atoms with van der Waals surface area (Å²) in [6, 6.07) is 23.1. The van der Waals surface area contributed by atoms with Gasteiger partial charge in [0, 0.05) is 18.4 Å². The Morgan fingerprint density at radius 2 is 1.67 bits per heavy atom. The van der Waals surface area contributed by atoms with Crippen LogP contribution in [0.25, 0.3) is 0 Å². The molecule has 0 fully saturated rings. The lowest BCUT2D eigenvalue weighted by Gasteiger charge is -2.23. The van der Waals surface area contributed by atoms with Crippen molar-refractivity contribution in [3.8, 4) is 5.75 Å². The first-order valence-corrected chi connectivity index (χ1v) is 10.5. The Morgan fingerprint density at radius 1 is 0.889 bits per heavy atom. The highest BCUT2D eigenvalue weighted by Crippen LogP contribution is 2.23. The van der Waals surface area contributed by atoms with Crippen molar-refractivity contribution in [1.29, 1.82) is 0 Å². The third-order valence-electron chi connectivity index (χ3n) is 4.86. The molecule has 140 valence electrons. The highest BCUT2D eigenvalue weighted by molar-refractivity contribution is 7.56. The number of phenols is 1. The summed E-state index contributed by atoms with van der Waals surface area (Å²) in [7, 11) is 0.462. The summed E-state index contributed by atoms with van der Waals surface area (Å²) in [5.41, 5.74) is 5.17. The second-order valence-electron chi connectivity index (χ2n) is 7.04. The summed E-state index contributed by atoms with van der Waals surface area (Å²) in [5.74, 6) is 0.393. The van der Waals surface area contributed by atoms with Crippen molar-refractivity contribution >= 4 is 19.2 Å². The van der Waals surface area contributed by atoms with Crippen molar-refractivity contribution in [2.75, 3.05) is 6.54 Å². The van der Waals surface area contributed by atoms with Crippen LogP contribution in [-0.4, -0.2) is 16.6 Å². The van der Waals surface area contributed by atoms with E-state index in [1.807, 2.05) is 12.1 Å². The highest BCUT2D eigenvalue weighted by Gasteiger charge is 2.13. The molecule has 1 atom stereocenters. The molecule has 1 N–H and O–H groups in total. The molecular formula is C24H28NOP. The van der Waals surface area contributed by atoms with Crippen LogP contribution in [0.2, 0.25) is 0 Å². The largest absolute Gasteiger partial charge is 0.507 e. The Morgan fingerprint density at radius 3 is 2.41 bits per heavy atom. The first-order valence-electron chi connectivity index (χ1n) is 9.48. The van der Waals surface area contributed by atoms with E-state index in [1.54, 1.807) is 0 Å². The lowest BCUT2D eigenvalue weighted by atomic mass is 10.1. The van der Waals surface area contributed by atoms with Gasteiger partial charge in [0.15, 0.2) is 0 Å². The van der Waals surface area contributed by atoms with Crippen LogP contribution < -0.4 is 10.6 Å². The van der Waals surface area contributed by atoms with Crippen LogP contribution in [0.15, 0.2) is 66.7 Å². The Kier molecular flexibility index (Phi) is 6.66. The van der Waals surface area contributed by atoms with Gasteiger partial charge >= 0.3 is 0 Å². The zero-order valence-corrected chi connectivity index (χ0v) is 17.4. The fraction of sp³-hybridized carbons (Fsp3) is 0.250. The molecule has 1 unspecified atom stereocenters. The Hall–Kier alpha value is -2.15. The maximum absolute atomic E-state index is 10.3. The molecule has 0 amide bonds. The zero-order chi connectivity index (χ0) is 19.2. The maximum Gasteiger partial charge on any atom is 0.123 e. The zero-order valence-electron chi connectivity index (χ0n) is 16.4. The average molecular weight is 377 g/mol. The molecule has 2 nitrogen and oxygen atoms in total. The fourth-order valence-electron chi connectivity index (χ4n) is 3.29. The number of phenolic OH excluding ortho intramolecular Hbond substituents is 1. The van der Waals surface area contributed by atoms with Gasteiger partial charge in [-0.1, -0.05) is 75.7 Å². The van der Waals surface area contributed by atoms with E-state index in [1.165, 1.54) is 27.6 Å². The monoisotopic (exact) mass is 377 g/mol. The number of rotatable bonds is 7. The molecule has 3 heteroatoms. The van der Waals surface area contributed by atoms with E-state index in [0.29, 0.717) is 14.3 Å². The van der Waals surface area contributed by atoms with Crippen molar-refractivity contribution in [2.45, 2.75) is 33.9 Å². The molecule has 3 aromatic carbocycles. The van der Waals surface area contributed by atoms with Crippen LogP contribution in [0.5, 0.6) is 5.75 Å². The number of aromatic hydroxyl groups is 1. The van der Waals surface area contributed by atoms with Gasteiger partial charge in [-0.3, -0.25) is 4.90 Å². The predicted molar refractivity (Wildman–Crippen MR) is 118 cm³/mol. The van der Waals surface area contributed by atoms with Crippen molar-refractivity contribution in [3.05, 3.63) is 89.0 Å². The van der Waals surface area contributed by atoms with Crippen LogP contribution in [0, 0.1) is 13.8 Å². The van der Waals surface area contributed by atoms with Crippen molar-refractivity contribution in [1.82, 2.24) is 4.90 Å². The van der Waals surface area contributed by atoms with Crippen LogP contribution >= 0.6 is 8.58 Å². The van der Waals surface area contributed by atoms with E-state index < -0.39 is 0 Å². The van der Waals surface area contributed by atoms with Gasteiger partial charge in [-0.2, -0.15) is 0 Å². The quantitative estimate of drug-likeness (QED) is 0.606. The van der Waals surface area contributed by atoms with Gasteiger partial charge in [0.05, 0.1) is 0 Å². The molecule has 27 heavy (non-hydrogen) atoms. The normalized spacial score (nSPS) is 11.6. The minimum atomic E-state index is 0.393. The van der Waals surface area contributed by atoms with Crippen molar-refractivity contribution < 1.29 is 5.11 Å². The summed E-state index contributed by atoms with van der Waals surface area (Å²) < 4.78 is 0. The molecule has 0 aliphatic heterocycles. The standard InChI is InChI=1S/C24H28NOP/c1-4-25(16-20-10-6-5-7-11-20)17-21-12-8-9-19(3)24(21)27-23-15-18(2)13-14-22(23)26/h5-15,26-27H,4,16-17H2,1-3H3. The molecule has 0 aliphatic rings. The van der Waals surface area contributed by atoms with Gasteiger partial charge in [-0.05, 0) is 54.5 Å². The lowest BCUT2D eigenvalue weighted by molar-refractivity contribution is 0.272. The van der Waals surface area contributed by atoms with E-state index >= 15 is 0 Å². The lowest BCUT2D eigenvalue weighted by Crippen LogP contribution is -2.26. The fourth-order valence-corrected chi connectivity index (χ4v) is 4.67. The Bertz CT molecular complexity index is 892. The van der Waals surface area contributed by atoms with Crippen molar-refractivity contribution in [2.24, 2.45) is 0 Å². The first-order chi connectivity index (χ1) is 13.1. The van der Waals surface area contributed by atoms with E-state index in [2.05, 4.69) is 80.3 Å². The van der Waals surface area contributed by atoms with Gasteiger partial charge in [0.2, 0.25) is 0 Å². The number of hydrogen-bond donors (Lipinski definition) is 1. The number of hydrogen-bond acceptors (Lipinski definition) is 2. The maximum atomic E-state index is 10.3. The predicted octanol–water partition coefficient (Wildman–Crippen LogP) is 4.66. The third-order valence-corrected chi connectivity index (χ3v) is 6.50. The molecule has 0 saturated carbocycles. The Balaban J connectivity index is 1.85. The molecule has 0 bridgehead atoms. The number of aryl methyl sites for hydroxylation is 2. The van der Waals surface area contributed by atoms with Crippen molar-refractivity contribution in [3.63, 3.8) is 0 Å². The molecular weight excluding hydrogens is 349 g/mol. The summed E-state index contributed by atoms with van der Waals surface area (Å²) in [6.45, 7) is 9.33. The van der Waals surface area contributed by atoms with Gasteiger partial charge in [0.25, 0.3) is 0 Å². The van der Waals surface area contributed by atoms with Gasteiger partial charge in [-0.15, -0.1) is 0 Å². The van der Waals surface area contributed by atoms with Gasteiger partial charge in [-0.25, -0.2) is 0 Å². The van der Waals surface area contributed by atoms with E-state index in [9.17, 15) is 5.11 Å². The smallest absolute Gasteiger partial charge is 0.123 e. The van der Waals surface area contributed by atoms with Gasteiger partial charge in [0.1, 0.15) is 5.75 Å². The van der Waals surface area contributed by atoms with Crippen LogP contribution in [-0.2, 0) is 13.1 Å². The van der Waals surface area contributed by atoms with Gasteiger partial charge < -0.3 is 5.11 Å². The minimum Gasteiger partial charge on any atom is -0.507 e. The number of benzene rings is 3. The van der Waals surface area contributed by atoms with E-state index in [0.717, 1.165) is 24.9 Å². The third kappa shape index (κ3) is 5.19. The second kappa shape index (κ2) is 9.17. The molecule has 0 aromatic heterocycles. The minimum absolute atomic E-state index is 0.393. The molecule has 3 aromatic rings. The first kappa shape index (κ1) is 19.6. The average Bonchev–Trinajstić information content (AvgIpc) is 2.67. The summed E-state index contributed by atoms with van der Waals surface area (Å²) in [6.07, 6.45) is 0. The molecule has 0 saturated heterocycles. The summed E-state index contributed by atoms with van der Waals surface area (Å²) in [4.78, 5) is 2.47. The molecule has 0 aliphatic carbocycles. The summed E-state index contributed by atoms with van der Waals surface area (Å²) in [5, 5.41) is 12.7. The molecule has 0 heterocycles. The Labute approximate surface area is 164 Å². The highest BCUT2D eigenvalue weighted by atomic mass is 31.1. The molecule has 0 spiro atoms. The van der Waals surface area contributed by atoms with Crippen LogP contribution in [0.3, 0.4) is 0 Å². The summed E-state index contributed by atoms with van der Waals surface area (Å²) >= 11 is 0. The van der Waals surface area contributed by atoms with E-state index in [4.69, 9.17) is 0 Å². The van der Waals surface area contributed by atoms with E-state index in [-0.39, 0.29) is 0 Å². The molecule has 0 radical (unpaired) electrons. The number of nitrogens with zero attached hydrogens (tertiary/aromatic N) is 1. The SMILES string of the molecule is CCN(Cc1ccccc1)Cc1cccc(C)c1Pc1cc(C)ccc1O. The van der Waals surface area contributed by atoms with Crippen LogP contribution in [0.1, 0.15) is 29.2 Å². The second-order valence-corrected chi connectivity index (χ2v) is 8.33.